The van der Waals surface area contributed by atoms with Crippen LogP contribution in [0.1, 0.15) is 23.7 Å². The average molecular weight is 326 g/mol. The standard InChI is InChI=1S/C15H22N2O4S/c1-3-12(10-18)16-15(22)17-14(19)11-4-6-13(7-5-11)21-9-8-20-2/h4-7,12,18H,3,8-10H2,1-2H3,(H2,16,17,19,22). The summed E-state index contributed by atoms with van der Waals surface area (Å²) in [6.07, 6.45) is 0.708. The second-order valence-electron chi connectivity index (χ2n) is 4.58. The molecule has 1 aromatic rings. The van der Waals surface area contributed by atoms with Crippen LogP contribution in [0.4, 0.5) is 0 Å². The fourth-order valence-electron chi connectivity index (χ4n) is 1.62. The van der Waals surface area contributed by atoms with Crippen LogP contribution in [-0.4, -0.2) is 49.1 Å². The molecular formula is C15H22N2O4S. The van der Waals surface area contributed by atoms with Gasteiger partial charge in [0.25, 0.3) is 5.91 Å². The summed E-state index contributed by atoms with van der Waals surface area (Å²) in [6, 6.07) is 6.57. The maximum atomic E-state index is 12.0. The van der Waals surface area contributed by atoms with Crippen LogP contribution in [0.3, 0.4) is 0 Å². The molecule has 1 rings (SSSR count). The minimum absolute atomic E-state index is 0.0416. The normalized spacial score (nSPS) is 11.6. The molecule has 0 saturated carbocycles. The monoisotopic (exact) mass is 326 g/mol. The number of amides is 1. The minimum atomic E-state index is -0.311. The zero-order chi connectivity index (χ0) is 16.4. The number of hydrogen-bond donors (Lipinski definition) is 3. The highest BCUT2D eigenvalue weighted by molar-refractivity contribution is 7.80. The molecule has 22 heavy (non-hydrogen) atoms. The zero-order valence-corrected chi connectivity index (χ0v) is 13.6. The van der Waals surface area contributed by atoms with Crippen molar-refractivity contribution in [2.24, 2.45) is 0 Å². The predicted molar refractivity (Wildman–Crippen MR) is 88.2 cm³/mol. The molecule has 0 fully saturated rings. The molecule has 0 aliphatic heterocycles. The van der Waals surface area contributed by atoms with Crippen molar-refractivity contribution in [2.75, 3.05) is 26.9 Å². The largest absolute Gasteiger partial charge is 0.491 e. The number of methoxy groups -OCH3 is 1. The number of ether oxygens (including phenoxy) is 2. The van der Waals surface area contributed by atoms with Crippen LogP contribution in [0.15, 0.2) is 24.3 Å². The molecular weight excluding hydrogens is 304 g/mol. The van der Waals surface area contributed by atoms with Crippen molar-refractivity contribution >= 4 is 23.2 Å². The quantitative estimate of drug-likeness (QED) is 0.490. The van der Waals surface area contributed by atoms with Crippen molar-refractivity contribution in [3.63, 3.8) is 0 Å². The Labute approximate surface area is 135 Å². The Hall–Kier alpha value is -1.70. The maximum absolute atomic E-state index is 12.0. The highest BCUT2D eigenvalue weighted by Crippen LogP contribution is 2.12. The fraction of sp³-hybridized carbons (Fsp3) is 0.467. The molecule has 0 aliphatic rings. The van der Waals surface area contributed by atoms with Crippen LogP contribution in [0.2, 0.25) is 0 Å². The second-order valence-corrected chi connectivity index (χ2v) is 4.99. The lowest BCUT2D eigenvalue weighted by atomic mass is 10.2. The van der Waals surface area contributed by atoms with E-state index in [1.807, 2.05) is 6.92 Å². The average Bonchev–Trinajstić information content (AvgIpc) is 2.53. The number of benzene rings is 1. The van der Waals surface area contributed by atoms with Gasteiger partial charge in [-0.2, -0.15) is 0 Å². The number of nitrogens with one attached hydrogen (secondary N) is 2. The molecule has 1 atom stereocenters. The van der Waals surface area contributed by atoms with Gasteiger partial charge in [0.2, 0.25) is 0 Å². The number of aliphatic hydroxyl groups excluding tert-OH is 1. The van der Waals surface area contributed by atoms with E-state index in [1.54, 1.807) is 31.4 Å². The first-order valence-electron chi connectivity index (χ1n) is 7.05. The third kappa shape index (κ3) is 6.38. The Balaban J connectivity index is 2.49. The van der Waals surface area contributed by atoms with Crippen LogP contribution in [-0.2, 0) is 4.74 Å². The van der Waals surface area contributed by atoms with E-state index >= 15 is 0 Å². The first-order valence-corrected chi connectivity index (χ1v) is 7.46. The van der Waals surface area contributed by atoms with E-state index < -0.39 is 0 Å². The van der Waals surface area contributed by atoms with Crippen LogP contribution in [0.5, 0.6) is 5.75 Å². The van der Waals surface area contributed by atoms with Gasteiger partial charge in [-0.1, -0.05) is 6.92 Å². The van der Waals surface area contributed by atoms with Crippen molar-refractivity contribution in [1.29, 1.82) is 0 Å². The molecule has 0 bridgehead atoms. The van der Waals surface area contributed by atoms with Gasteiger partial charge in [0.15, 0.2) is 5.11 Å². The minimum Gasteiger partial charge on any atom is -0.491 e. The van der Waals surface area contributed by atoms with Crippen molar-refractivity contribution in [2.45, 2.75) is 19.4 Å². The van der Waals surface area contributed by atoms with Crippen LogP contribution < -0.4 is 15.4 Å². The lowest BCUT2D eigenvalue weighted by Gasteiger charge is -2.16. The van der Waals surface area contributed by atoms with Crippen LogP contribution in [0, 0.1) is 0 Å². The third-order valence-corrected chi connectivity index (χ3v) is 3.17. The topological polar surface area (TPSA) is 79.8 Å². The van der Waals surface area contributed by atoms with Crippen molar-refractivity contribution in [3.05, 3.63) is 29.8 Å². The lowest BCUT2D eigenvalue weighted by Crippen LogP contribution is -2.45. The maximum Gasteiger partial charge on any atom is 0.257 e. The summed E-state index contributed by atoms with van der Waals surface area (Å²) in [7, 11) is 1.60. The summed E-state index contributed by atoms with van der Waals surface area (Å²) < 4.78 is 10.3. The van der Waals surface area contributed by atoms with E-state index in [2.05, 4.69) is 10.6 Å². The molecule has 0 spiro atoms. The summed E-state index contributed by atoms with van der Waals surface area (Å²) in [5.41, 5.74) is 0.472. The second kappa shape index (κ2) is 10.1. The molecule has 7 heteroatoms. The molecule has 0 saturated heterocycles. The summed E-state index contributed by atoms with van der Waals surface area (Å²) >= 11 is 5.04. The van der Waals surface area contributed by atoms with Gasteiger partial charge in [0, 0.05) is 12.7 Å². The van der Waals surface area contributed by atoms with Gasteiger partial charge in [0.05, 0.1) is 19.3 Å². The number of aliphatic hydroxyl groups is 1. The number of hydrogen-bond acceptors (Lipinski definition) is 5. The van der Waals surface area contributed by atoms with E-state index in [4.69, 9.17) is 26.8 Å². The lowest BCUT2D eigenvalue weighted by molar-refractivity contribution is 0.0976. The van der Waals surface area contributed by atoms with Gasteiger partial charge >= 0.3 is 0 Å². The number of rotatable bonds is 8. The first kappa shape index (κ1) is 18.3. The van der Waals surface area contributed by atoms with Gasteiger partial charge in [-0.25, -0.2) is 0 Å². The Morgan fingerprint density at radius 1 is 1.32 bits per heavy atom. The molecule has 3 N–H and O–H groups in total. The van der Waals surface area contributed by atoms with E-state index in [1.165, 1.54) is 0 Å². The van der Waals surface area contributed by atoms with E-state index in [0.29, 0.717) is 30.9 Å². The summed E-state index contributed by atoms with van der Waals surface area (Å²) in [4.78, 5) is 12.0. The Bertz CT molecular complexity index is 475. The zero-order valence-electron chi connectivity index (χ0n) is 12.8. The summed E-state index contributed by atoms with van der Waals surface area (Å²) in [6.45, 7) is 2.84. The van der Waals surface area contributed by atoms with E-state index in [9.17, 15) is 4.79 Å². The van der Waals surface area contributed by atoms with Crippen molar-refractivity contribution in [1.82, 2.24) is 10.6 Å². The molecule has 1 aromatic carbocycles. The summed E-state index contributed by atoms with van der Waals surface area (Å²) in [5.74, 6) is 0.356. The highest BCUT2D eigenvalue weighted by atomic mass is 32.1. The Kier molecular flexibility index (Phi) is 8.42. The van der Waals surface area contributed by atoms with E-state index in [0.717, 1.165) is 0 Å². The summed E-state index contributed by atoms with van der Waals surface area (Å²) in [5, 5.41) is 14.7. The Morgan fingerprint density at radius 3 is 2.55 bits per heavy atom. The fourth-order valence-corrected chi connectivity index (χ4v) is 1.88. The van der Waals surface area contributed by atoms with Gasteiger partial charge in [-0.05, 0) is 42.9 Å². The molecule has 0 radical (unpaired) electrons. The van der Waals surface area contributed by atoms with Gasteiger partial charge in [-0.15, -0.1) is 0 Å². The van der Waals surface area contributed by atoms with Gasteiger partial charge < -0.3 is 19.9 Å². The number of carbonyl (C=O) groups is 1. The van der Waals surface area contributed by atoms with Crippen molar-refractivity contribution in [3.8, 4) is 5.75 Å². The molecule has 1 unspecified atom stereocenters. The molecule has 0 aliphatic carbocycles. The SMILES string of the molecule is CCC(CO)NC(=S)NC(=O)c1ccc(OCCOC)cc1. The number of thiocarbonyl (C=S) groups is 1. The number of carbonyl (C=O) groups excluding carboxylic acids is 1. The Morgan fingerprint density at radius 2 is 2.00 bits per heavy atom. The molecule has 0 heterocycles. The van der Waals surface area contributed by atoms with Gasteiger partial charge in [-0.3, -0.25) is 10.1 Å². The first-order chi connectivity index (χ1) is 10.6. The van der Waals surface area contributed by atoms with Gasteiger partial charge in [0.1, 0.15) is 12.4 Å². The molecule has 6 nitrogen and oxygen atoms in total. The van der Waals surface area contributed by atoms with Crippen LogP contribution in [0.25, 0.3) is 0 Å². The molecule has 122 valence electrons. The third-order valence-electron chi connectivity index (χ3n) is 2.95. The molecule has 0 aromatic heterocycles. The smallest absolute Gasteiger partial charge is 0.257 e. The van der Waals surface area contributed by atoms with Crippen molar-refractivity contribution < 1.29 is 19.4 Å². The predicted octanol–water partition coefficient (Wildman–Crippen LogP) is 1.09. The molecule has 1 amide bonds. The van der Waals surface area contributed by atoms with Crippen LogP contribution >= 0.6 is 12.2 Å². The highest BCUT2D eigenvalue weighted by Gasteiger charge is 2.11. The van der Waals surface area contributed by atoms with E-state index in [-0.39, 0.29) is 23.7 Å².